The molecule has 2 aliphatic carbocycles. The quantitative estimate of drug-likeness (QED) is 0.670. The maximum absolute atomic E-state index is 12.8. The van der Waals surface area contributed by atoms with E-state index in [1.807, 2.05) is 0 Å². The number of amides is 1. The molecule has 0 saturated carbocycles. The lowest BCUT2D eigenvalue weighted by Crippen LogP contribution is -2.35. The number of esters is 1. The summed E-state index contributed by atoms with van der Waals surface area (Å²) in [5, 5.41) is 6.43. The molecule has 1 heterocycles. The van der Waals surface area contributed by atoms with Crippen molar-refractivity contribution in [1.29, 1.82) is 0 Å². The molecule has 2 aliphatic rings. The van der Waals surface area contributed by atoms with Gasteiger partial charge in [-0.1, -0.05) is 6.07 Å². The van der Waals surface area contributed by atoms with Gasteiger partial charge in [-0.3, -0.25) is 10.00 Å². The number of fused-ring (bicyclic) bond motifs is 2. The third kappa shape index (κ3) is 4.58. The Morgan fingerprint density at radius 1 is 1.16 bits per heavy atom. The number of halogens is 3. The molecule has 1 aromatic carbocycles. The molecule has 4 rings (SSSR count). The van der Waals surface area contributed by atoms with Crippen LogP contribution < -0.4 is 5.32 Å². The van der Waals surface area contributed by atoms with Gasteiger partial charge in [-0.2, -0.15) is 18.3 Å². The van der Waals surface area contributed by atoms with Crippen LogP contribution in [0, 0.1) is 0 Å². The number of hydrogen-bond acceptors (Lipinski definition) is 5. The van der Waals surface area contributed by atoms with Crippen LogP contribution in [0.2, 0.25) is 0 Å². The van der Waals surface area contributed by atoms with Gasteiger partial charge in [-0.05, 0) is 67.7 Å². The van der Waals surface area contributed by atoms with Crippen molar-refractivity contribution in [3.63, 3.8) is 0 Å². The van der Waals surface area contributed by atoms with Gasteiger partial charge in [0.2, 0.25) is 6.10 Å². The van der Waals surface area contributed by atoms with E-state index in [4.69, 9.17) is 9.47 Å². The summed E-state index contributed by atoms with van der Waals surface area (Å²) in [6, 6.07) is 2.22. The molecule has 1 atom stereocenters. The van der Waals surface area contributed by atoms with E-state index in [1.54, 1.807) is 6.92 Å². The van der Waals surface area contributed by atoms with Gasteiger partial charge in [0.05, 0.1) is 30.6 Å². The third-order valence-corrected chi connectivity index (χ3v) is 5.81. The van der Waals surface area contributed by atoms with Gasteiger partial charge in [-0.25, -0.2) is 9.59 Å². The van der Waals surface area contributed by atoms with E-state index in [2.05, 4.69) is 16.5 Å². The van der Waals surface area contributed by atoms with Crippen molar-refractivity contribution in [2.75, 3.05) is 11.9 Å². The van der Waals surface area contributed by atoms with E-state index in [0.29, 0.717) is 6.20 Å². The van der Waals surface area contributed by atoms with E-state index < -0.39 is 36.5 Å². The lowest BCUT2D eigenvalue weighted by atomic mass is 9.99. The number of benzene rings is 1. The number of carbonyl (C=O) groups excluding carboxylic acids is 2. The van der Waals surface area contributed by atoms with Crippen LogP contribution in [0.3, 0.4) is 0 Å². The molecular formula is C22H24F3N3O4. The summed E-state index contributed by atoms with van der Waals surface area (Å²) in [7, 11) is 0. The Hall–Kier alpha value is -3.04. The highest BCUT2D eigenvalue weighted by atomic mass is 19.4. The number of alkyl halides is 3. The number of anilines is 1. The minimum Gasteiger partial charge on any atom is -0.463 e. The standard InChI is InChI=1S/C22H24F3N3O4/c1-2-31-20(29)18(12-28-11-15(10-26-28)22(23,24)25)32-21(30)27-19-16-7-3-5-13(16)9-14-6-4-8-17(14)19/h9-11,18H,2-8,12H2,1H3,(H,27,30)/t18-/m1/s1. The van der Waals surface area contributed by atoms with Gasteiger partial charge in [-0.15, -0.1) is 0 Å². The molecule has 32 heavy (non-hydrogen) atoms. The smallest absolute Gasteiger partial charge is 0.419 e. The van der Waals surface area contributed by atoms with E-state index in [-0.39, 0.29) is 6.61 Å². The molecule has 0 aliphatic heterocycles. The molecule has 1 aromatic heterocycles. The van der Waals surface area contributed by atoms with Crippen molar-refractivity contribution < 1.29 is 32.2 Å². The number of aryl methyl sites for hydroxylation is 2. The molecule has 7 nitrogen and oxygen atoms in total. The molecule has 1 amide bonds. The van der Waals surface area contributed by atoms with Gasteiger partial charge in [0, 0.05) is 6.20 Å². The van der Waals surface area contributed by atoms with Crippen molar-refractivity contribution in [1.82, 2.24) is 9.78 Å². The second kappa shape index (κ2) is 8.84. The number of rotatable bonds is 6. The molecular weight excluding hydrogens is 427 g/mol. The lowest BCUT2D eigenvalue weighted by molar-refractivity contribution is -0.153. The van der Waals surface area contributed by atoms with E-state index in [9.17, 15) is 22.8 Å². The van der Waals surface area contributed by atoms with Crippen molar-refractivity contribution in [2.24, 2.45) is 0 Å². The first kappa shape index (κ1) is 22.2. The molecule has 0 fully saturated rings. The van der Waals surface area contributed by atoms with Crippen LogP contribution in [-0.4, -0.2) is 34.6 Å². The molecule has 172 valence electrons. The second-order valence-electron chi connectivity index (χ2n) is 7.95. The molecule has 0 radical (unpaired) electrons. The zero-order chi connectivity index (χ0) is 22.9. The maximum atomic E-state index is 12.8. The number of hydrogen-bond donors (Lipinski definition) is 1. The molecule has 2 aromatic rings. The van der Waals surface area contributed by atoms with Crippen molar-refractivity contribution in [3.8, 4) is 0 Å². The first-order valence-corrected chi connectivity index (χ1v) is 10.7. The van der Waals surface area contributed by atoms with Crippen molar-refractivity contribution >= 4 is 17.7 Å². The minimum atomic E-state index is -4.57. The molecule has 0 spiro atoms. The van der Waals surface area contributed by atoms with Gasteiger partial charge >= 0.3 is 18.2 Å². The fourth-order valence-corrected chi connectivity index (χ4v) is 4.40. The third-order valence-electron chi connectivity index (χ3n) is 5.81. The van der Waals surface area contributed by atoms with Gasteiger partial charge in [0.1, 0.15) is 0 Å². The summed E-state index contributed by atoms with van der Waals surface area (Å²) in [6.07, 6.45) is 0.189. The van der Waals surface area contributed by atoms with Crippen LogP contribution in [0.25, 0.3) is 0 Å². The second-order valence-corrected chi connectivity index (χ2v) is 7.95. The molecule has 0 unspecified atom stereocenters. The van der Waals surface area contributed by atoms with E-state index >= 15 is 0 Å². The summed E-state index contributed by atoms with van der Waals surface area (Å²) in [5.74, 6) is -0.852. The Morgan fingerprint density at radius 3 is 2.38 bits per heavy atom. The van der Waals surface area contributed by atoms with Gasteiger partial charge < -0.3 is 9.47 Å². The molecule has 10 heteroatoms. The molecule has 0 saturated heterocycles. The van der Waals surface area contributed by atoms with Crippen LogP contribution in [0.4, 0.5) is 23.7 Å². The predicted molar refractivity (Wildman–Crippen MR) is 108 cm³/mol. The Bertz CT molecular complexity index is 1000. The Balaban J connectivity index is 1.51. The topological polar surface area (TPSA) is 82.5 Å². The van der Waals surface area contributed by atoms with Crippen molar-refractivity contribution in [3.05, 3.63) is 46.3 Å². The maximum Gasteiger partial charge on any atom is 0.419 e. The highest BCUT2D eigenvalue weighted by Gasteiger charge is 2.33. The number of nitrogens with one attached hydrogen (secondary N) is 1. The molecule has 0 bridgehead atoms. The Kier molecular flexibility index (Phi) is 6.12. The van der Waals surface area contributed by atoms with Crippen LogP contribution in [0.5, 0.6) is 0 Å². The van der Waals surface area contributed by atoms with Crippen LogP contribution in [-0.2, 0) is 52.7 Å². The first-order valence-electron chi connectivity index (χ1n) is 10.7. The van der Waals surface area contributed by atoms with Crippen LogP contribution in [0.15, 0.2) is 18.5 Å². The van der Waals surface area contributed by atoms with Crippen LogP contribution >= 0.6 is 0 Å². The summed E-state index contributed by atoms with van der Waals surface area (Å²) in [6.45, 7) is 1.22. The summed E-state index contributed by atoms with van der Waals surface area (Å²) in [5.41, 5.74) is 4.42. The number of nitrogens with zero attached hydrogens (tertiary/aromatic N) is 2. The van der Waals surface area contributed by atoms with Crippen LogP contribution in [0.1, 0.15) is 47.6 Å². The highest BCUT2D eigenvalue weighted by molar-refractivity contribution is 5.90. The molecule has 1 N–H and O–H groups in total. The van der Waals surface area contributed by atoms with Crippen molar-refractivity contribution in [2.45, 2.75) is 64.3 Å². The Morgan fingerprint density at radius 2 is 1.81 bits per heavy atom. The fraction of sp³-hybridized carbons (Fsp3) is 0.500. The first-order chi connectivity index (χ1) is 15.3. The average Bonchev–Trinajstić information content (AvgIpc) is 3.47. The fourth-order valence-electron chi connectivity index (χ4n) is 4.40. The summed E-state index contributed by atoms with van der Waals surface area (Å²) >= 11 is 0. The zero-order valence-corrected chi connectivity index (χ0v) is 17.6. The SMILES string of the molecule is CCOC(=O)[C@@H](Cn1cc(C(F)(F)F)cn1)OC(=O)Nc1c2c(cc3c1CCC3)CCC2. The van der Waals surface area contributed by atoms with E-state index in [0.717, 1.165) is 66.2 Å². The monoisotopic (exact) mass is 451 g/mol. The zero-order valence-electron chi connectivity index (χ0n) is 17.6. The Labute approximate surface area is 182 Å². The van der Waals surface area contributed by atoms with E-state index in [1.165, 1.54) is 11.1 Å². The van der Waals surface area contributed by atoms with Gasteiger partial charge in [0.25, 0.3) is 0 Å². The largest absolute Gasteiger partial charge is 0.463 e. The predicted octanol–water partition coefficient (Wildman–Crippen LogP) is 4.06. The summed E-state index contributed by atoms with van der Waals surface area (Å²) in [4.78, 5) is 25.1. The number of ether oxygens (including phenoxy) is 2. The lowest BCUT2D eigenvalue weighted by Gasteiger charge is -2.19. The summed E-state index contributed by atoms with van der Waals surface area (Å²) < 4.78 is 49.7. The highest BCUT2D eigenvalue weighted by Crippen LogP contribution is 2.38. The number of carbonyl (C=O) groups is 2. The van der Waals surface area contributed by atoms with Gasteiger partial charge in [0.15, 0.2) is 0 Å². The normalized spacial score (nSPS) is 15.8. The number of aromatic nitrogens is 2. The minimum absolute atomic E-state index is 0.0346. The average molecular weight is 451 g/mol.